The van der Waals surface area contributed by atoms with Crippen LogP contribution in [0, 0.1) is 13.8 Å². The Morgan fingerprint density at radius 2 is 1.80 bits per heavy atom. The van der Waals surface area contributed by atoms with Crippen LogP contribution in [0.4, 0.5) is 0 Å². The fourth-order valence-electron chi connectivity index (χ4n) is 2.21. The van der Waals surface area contributed by atoms with E-state index in [1.54, 1.807) is 24.8 Å². The second-order valence-electron chi connectivity index (χ2n) is 5.33. The number of aryl methyl sites for hydroxylation is 2. The number of carbonyl (C=O) groups excluding carboxylic acids is 2. The van der Waals surface area contributed by atoms with Gasteiger partial charge in [-0.2, -0.15) is 0 Å². The number of aromatic nitrogens is 4. The van der Waals surface area contributed by atoms with Gasteiger partial charge in [-0.3, -0.25) is 9.59 Å². The number of ether oxygens (including phenoxy) is 1. The number of carbonyl (C=O) groups is 2. The Hall–Kier alpha value is -2.24. The second kappa shape index (κ2) is 7.76. The van der Waals surface area contributed by atoms with Gasteiger partial charge in [-0.05, 0) is 43.0 Å². The molecule has 0 spiro atoms. The van der Waals surface area contributed by atoms with Crippen molar-refractivity contribution in [2.45, 2.75) is 13.8 Å². The molecule has 0 bridgehead atoms. The molecule has 11 heteroatoms. The number of hydrogen-bond acceptors (Lipinski definition) is 9. The summed E-state index contributed by atoms with van der Waals surface area (Å²) in [6.45, 7) is 5.41. The molecule has 25 heavy (non-hydrogen) atoms. The van der Waals surface area contributed by atoms with Crippen LogP contribution in [0.15, 0.2) is 5.70 Å². The van der Waals surface area contributed by atoms with E-state index >= 15 is 0 Å². The second-order valence-corrected chi connectivity index (χ2v) is 6.87. The summed E-state index contributed by atoms with van der Waals surface area (Å²) >= 11 is 2.15. The van der Waals surface area contributed by atoms with Gasteiger partial charge in [0.15, 0.2) is 0 Å². The van der Waals surface area contributed by atoms with E-state index in [1.165, 1.54) is 0 Å². The van der Waals surface area contributed by atoms with Crippen molar-refractivity contribution < 1.29 is 14.3 Å². The minimum atomic E-state index is -0.407. The Labute approximate surface area is 152 Å². The van der Waals surface area contributed by atoms with Crippen molar-refractivity contribution in [3.05, 3.63) is 26.8 Å². The third-order valence-electron chi connectivity index (χ3n) is 3.60. The minimum absolute atomic E-state index is 0.175. The third kappa shape index (κ3) is 4.06. The van der Waals surface area contributed by atoms with Crippen molar-refractivity contribution in [1.29, 1.82) is 0 Å². The zero-order chi connectivity index (χ0) is 17.8. The Balaban J connectivity index is 1.87. The van der Waals surface area contributed by atoms with Gasteiger partial charge in [0.05, 0.1) is 29.5 Å². The monoisotopic (exact) mass is 380 g/mol. The number of nitrogens with zero attached hydrogens (tertiary/aromatic N) is 5. The summed E-state index contributed by atoms with van der Waals surface area (Å²) in [4.78, 5) is 28.1. The van der Waals surface area contributed by atoms with E-state index < -0.39 is 5.91 Å². The smallest absolute Gasteiger partial charge is 0.270 e. The van der Waals surface area contributed by atoms with E-state index in [4.69, 9.17) is 4.74 Å². The molecule has 1 saturated heterocycles. The van der Waals surface area contributed by atoms with Gasteiger partial charge in [-0.25, -0.2) is 0 Å². The first-order valence-corrected chi connectivity index (χ1v) is 9.09. The summed E-state index contributed by atoms with van der Waals surface area (Å²) in [7, 11) is 0. The molecule has 0 atom stereocenters. The quantitative estimate of drug-likeness (QED) is 0.775. The van der Waals surface area contributed by atoms with Gasteiger partial charge in [0.1, 0.15) is 10.6 Å². The van der Waals surface area contributed by atoms with Crippen molar-refractivity contribution in [1.82, 2.24) is 29.4 Å². The maximum atomic E-state index is 12.8. The van der Waals surface area contributed by atoms with E-state index in [0.717, 1.165) is 27.9 Å². The molecule has 3 rings (SSSR count). The van der Waals surface area contributed by atoms with E-state index in [9.17, 15) is 9.59 Å². The Morgan fingerprint density at radius 1 is 1.12 bits per heavy atom. The summed E-state index contributed by atoms with van der Waals surface area (Å²) in [5.41, 5.74) is 1.40. The molecule has 3 heterocycles. The maximum absolute atomic E-state index is 12.8. The van der Waals surface area contributed by atoms with Gasteiger partial charge in [0.25, 0.3) is 11.8 Å². The number of hydrogen-bond donors (Lipinski definition) is 1. The van der Waals surface area contributed by atoms with Crippen LogP contribution in [0.5, 0.6) is 0 Å². The van der Waals surface area contributed by atoms with Crippen LogP contribution in [0.1, 0.15) is 25.9 Å². The summed E-state index contributed by atoms with van der Waals surface area (Å²) in [6.07, 6.45) is 1.61. The van der Waals surface area contributed by atoms with Gasteiger partial charge in [-0.1, -0.05) is 8.98 Å². The summed E-state index contributed by atoms with van der Waals surface area (Å²) in [5, 5.41) is 10.5. The minimum Gasteiger partial charge on any atom is -0.378 e. The van der Waals surface area contributed by atoms with Crippen LogP contribution in [-0.4, -0.2) is 62.2 Å². The first-order valence-electron chi connectivity index (χ1n) is 7.54. The Bertz CT molecular complexity index is 809. The van der Waals surface area contributed by atoms with Crippen LogP contribution in [0.2, 0.25) is 0 Å². The lowest BCUT2D eigenvalue weighted by atomic mass is 10.2. The molecular formula is C14H16N6O3S2. The third-order valence-corrected chi connectivity index (χ3v) is 5.20. The molecule has 0 radical (unpaired) electrons. The van der Waals surface area contributed by atoms with Crippen LogP contribution < -0.4 is 5.32 Å². The zero-order valence-electron chi connectivity index (χ0n) is 13.7. The molecule has 1 aliphatic rings. The highest BCUT2D eigenvalue weighted by Gasteiger charge is 2.24. The van der Waals surface area contributed by atoms with Crippen molar-refractivity contribution >= 4 is 41.0 Å². The predicted octanol–water partition coefficient (Wildman–Crippen LogP) is 0.636. The molecule has 2 aromatic rings. The van der Waals surface area contributed by atoms with E-state index in [-0.39, 0.29) is 11.6 Å². The van der Waals surface area contributed by atoms with Gasteiger partial charge in [-0.15, -0.1) is 10.2 Å². The molecule has 0 unspecified atom stereocenters. The summed E-state index contributed by atoms with van der Waals surface area (Å²) < 4.78 is 12.9. The molecule has 1 N–H and O–H groups in total. The Morgan fingerprint density at radius 3 is 2.40 bits per heavy atom. The van der Waals surface area contributed by atoms with E-state index in [2.05, 4.69) is 24.5 Å². The molecule has 9 nitrogen and oxygen atoms in total. The number of morpholine rings is 1. The summed E-state index contributed by atoms with van der Waals surface area (Å²) in [6, 6.07) is 0. The first kappa shape index (κ1) is 17.6. The predicted molar refractivity (Wildman–Crippen MR) is 92.1 cm³/mol. The van der Waals surface area contributed by atoms with Crippen LogP contribution in [-0.2, 0) is 9.53 Å². The van der Waals surface area contributed by atoms with Crippen LogP contribution in [0.3, 0.4) is 0 Å². The van der Waals surface area contributed by atoms with Crippen molar-refractivity contribution in [3.8, 4) is 0 Å². The lowest BCUT2D eigenvalue weighted by Crippen LogP contribution is -2.44. The number of amides is 2. The average Bonchev–Trinajstić information content (AvgIpc) is 3.23. The highest BCUT2D eigenvalue weighted by atomic mass is 32.1. The zero-order valence-corrected chi connectivity index (χ0v) is 15.3. The first-order chi connectivity index (χ1) is 12.1. The Kier molecular flexibility index (Phi) is 5.46. The van der Waals surface area contributed by atoms with Gasteiger partial charge in [0.2, 0.25) is 0 Å². The molecule has 0 aliphatic carbocycles. The number of rotatable bonds is 4. The van der Waals surface area contributed by atoms with Gasteiger partial charge >= 0.3 is 0 Å². The molecule has 2 aromatic heterocycles. The van der Waals surface area contributed by atoms with E-state index in [1.807, 2.05) is 0 Å². The highest BCUT2D eigenvalue weighted by Crippen LogP contribution is 2.16. The average molecular weight is 380 g/mol. The standard InChI is InChI=1S/C14H16N6O3S2/c1-8-11(24-18-16-8)7-10(14(22)20-3-5-23-6-4-20)15-13(21)12-9(2)17-19-25-12/h7H,3-6H2,1-2H3,(H,15,21)/b10-7+. The highest BCUT2D eigenvalue weighted by molar-refractivity contribution is 7.08. The number of nitrogens with one attached hydrogen (secondary N) is 1. The maximum Gasteiger partial charge on any atom is 0.270 e. The van der Waals surface area contributed by atoms with Crippen molar-refractivity contribution in [3.63, 3.8) is 0 Å². The van der Waals surface area contributed by atoms with Crippen LogP contribution >= 0.6 is 23.1 Å². The summed E-state index contributed by atoms with van der Waals surface area (Å²) in [5.74, 6) is -0.671. The lowest BCUT2D eigenvalue weighted by molar-refractivity contribution is -0.131. The van der Waals surface area contributed by atoms with Gasteiger partial charge < -0.3 is 15.0 Å². The fourth-order valence-corrected chi connectivity index (χ4v) is 3.36. The molecule has 0 aromatic carbocycles. The van der Waals surface area contributed by atoms with Crippen LogP contribution in [0.25, 0.3) is 6.08 Å². The molecule has 0 saturated carbocycles. The lowest BCUT2D eigenvalue weighted by Gasteiger charge is -2.27. The largest absolute Gasteiger partial charge is 0.378 e. The molecule has 2 amide bonds. The molecule has 132 valence electrons. The van der Waals surface area contributed by atoms with Gasteiger partial charge in [0, 0.05) is 13.1 Å². The van der Waals surface area contributed by atoms with Crippen molar-refractivity contribution in [2.24, 2.45) is 0 Å². The topological polar surface area (TPSA) is 110 Å². The molecule has 1 fully saturated rings. The normalized spacial score (nSPS) is 15.3. The van der Waals surface area contributed by atoms with Crippen molar-refractivity contribution in [2.75, 3.05) is 26.3 Å². The molecule has 1 aliphatic heterocycles. The SMILES string of the molecule is Cc1nnsc1/C=C(/NC(=O)c1snnc1C)C(=O)N1CCOCC1. The molecular weight excluding hydrogens is 364 g/mol. The van der Waals surface area contributed by atoms with E-state index in [0.29, 0.717) is 42.6 Å². The fraction of sp³-hybridized carbons (Fsp3) is 0.429.